The van der Waals surface area contributed by atoms with Gasteiger partial charge in [0, 0.05) is 17.4 Å². The van der Waals surface area contributed by atoms with Gasteiger partial charge >= 0.3 is 0 Å². The van der Waals surface area contributed by atoms with Gasteiger partial charge in [0.2, 0.25) is 5.91 Å². The predicted octanol–water partition coefficient (Wildman–Crippen LogP) is 1.92. The maximum Gasteiger partial charge on any atom is 0.222 e. The van der Waals surface area contributed by atoms with E-state index in [1.54, 1.807) is 0 Å². The van der Waals surface area contributed by atoms with Crippen LogP contribution in [0.5, 0.6) is 0 Å². The summed E-state index contributed by atoms with van der Waals surface area (Å²) in [5.74, 6) is 0.108. The molecule has 0 unspecified atom stereocenters. The summed E-state index contributed by atoms with van der Waals surface area (Å²) >= 11 is 1.22. The lowest BCUT2D eigenvalue weighted by atomic mass is 10.2. The highest BCUT2D eigenvalue weighted by atomic mass is 32.2. The van der Waals surface area contributed by atoms with E-state index in [0.29, 0.717) is 6.54 Å². The number of benzene rings is 1. The second-order valence-corrected chi connectivity index (χ2v) is 4.34. The van der Waals surface area contributed by atoms with Crippen molar-refractivity contribution in [2.75, 3.05) is 0 Å². The molecule has 0 heterocycles. The fourth-order valence-electron chi connectivity index (χ4n) is 1.08. The van der Waals surface area contributed by atoms with E-state index in [2.05, 4.69) is 5.32 Å². The number of hydrogen-bond acceptors (Lipinski definition) is 3. The third-order valence-corrected chi connectivity index (χ3v) is 2.59. The lowest BCUT2D eigenvalue weighted by Gasteiger charge is -2.07. The minimum Gasteiger partial charge on any atom is -0.352 e. The van der Waals surface area contributed by atoms with E-state index in [4.69, 9.17) is 5.14 Å². The maximum atomic E-state index is 11.3. The Hall–Kier alpha value is -1.00. The number of rotatable bonds is 4. The van der Waals surface area contributed by atoms with Gasteiger partial charge in [0.15, 0.2) is 0 Å². The average molecular weight is 224 g/mol. The quantitative estimate of drug-likeness (QED) is 0.768. The van der Waals surface area contributed by atoms with Gasteiger partial charge < -0.3 is 5.32 Å². The van der Waals surface area contributed by atoms with Gasteiger partial charge in [-0.2, -0.15) is 0 Å². The van der Waals surface area contributed by atoms with E-state index in [9.17, 15) is 4.79 Å². The molecule has 0 radical (unpaired) electrons. The molecule has 0 aliphatic rings. The van der Waals surface area contributed by atoms with Crippen molar-refractivity contribution < 1.29 is 4.79 Å². The topological polar surface area (TPSA) is 55.1 Å². The molecular weight excluding hydrogens is 208 g/mol. The predicted molar refractivity (Wildman–Crippen MR) is 63.2 cm³/mol. The Labute approximate surface area is 94.6 Å². The third-order valence-electron chi connectivity index (χ3n) is 2.05. The van der Waals surface area contributed by atoms with E-state index >= 15 is 0 Å². The van der Waals surface area contributed by atoms with Crippen molar-refractivity contribution in [1.82, 2.24) is 5.32 Å². The number of amides is 1. The first kappa shape index (κ1) is 12.1. The highest BCUT2D eigenvalue weighted by molar-refractivity contribution is 7.97. The molecule has 0 fully saturated rings. The van der Waals surface area contributed by atoms with Crippen molar-refractivity contribution in [1.29, 1.82) is 0 Å². The summed E-state index contributed by atoms with van der Waals surface area (Å²) in [5.41, 5.74) is 1.09. The van der Waals surface area contributed by atoms with Crippen LogP contribution in [0.4, 0.5) is 0 Å². The molecule has 0 aliphatic carbocycles. The second kappa shape index (κ2) is 5.78. The third kappa shape index (κ3) is 3.93. The van der Waals surface area contributed by atoms with Crippen molar-refractivity contribution in [2.45, 2.75) is 25.3 Å². The summed E-state index contributed by atoms with van der Waals surface area (Å²) in [5, 5.41) is 8.27. The minimum atomic E-state index is 0.0314. The van der Waals surface area contributed by atoms with Gasteiger partial charge in [0.25, 0.3) is 0 Å². The summed E-state index contributed by atoms with van der Waals surface area (Å²) in [6.07, 6.45) is 0. The Morgan fingerprint density at radius 2 is 2.00 bits per heavy atom. The minimum absolute atomic E-state index is 0.0314. The first-order valence-electron chi connectivity index (χ1n) is 4.87. The van der Waals surface area contributed by atoms with Crippen LogP contribution < -0.4 is 10.5 Å². The van der Waals surface area contributed by atoms with E-state index in [1.165, 1.54) is 11.9 Å². The molecule has 1 amide bonds. The van der Waals surface area contributed by atoms with Crippen molar-refractivity contribution in [2.24, 2.45) is 11.1 Å². The molecular formula is C11H16N2OS. The molecule has 4 heteroatoms. The van der Waals surface area contributed by atoms with Crippen LogP contribution in [0.1, 0.15) is 19.4 Å². The Balaban J connectivity index is 2.47. The first-order valence-corrected chi connectivity index (χ1v) is 5.75. The number of nitrogens with two attached hydrogens (primary N) is 1. The summed E-state index contributed by atoms with van der Waals surface area (Å²) in [4.78, 5) is 12.3. The molecule has 15 heavy (non-hydrogen) atoms. The first-order chi connectivity index (χ1) is 7.13. The van der Waals surface area contributed by atoms with Crippen molar-refractivity contribution in [3.63, 3.8) is 0 Å². The molecule has 0 aromatic heterocycles. The van der Waals surface area contributed by atoms with Gasteiger partial charge in [-0.3, -0.25) is 9.93 Å². The van der Waals surface area contributed by atoms with Crippen LogP contribution in [-0.4, -0.2) is 5.91 Å². The Bertz CT molecular complexity index is 322. The van der Waals surface area contributed by atoms with Gasteiger partial charge in [-0.15, -0.1) is 0 Å². The van der Waals surface area contributed by atoms with Crippen LogP contribution in [-0.2, 0) is 11.3 Å². The molecule has 3 nitrogen and oxygen atoms in total. The molecule has 1 rings (SSSR count). The Morgan fingerprint density at radius 1 is 1.40 bits per heavy atom. The number of hydrogen-bond donors (Lipinski definition) is 2. The largest absolute Gasteiger partial charge is 0.352 e. The fraction of sp³-hybridized carbons (Fsp3) is 0.364. The molecule has 0 spiro atoms. The molecule has 3 N–H and O–H groups in total. The smallest absolute Gasteiger partial charge is 0.222 e. The highest BCUT2D eigenvalue weighted by Gasteiger charge is 2.05. The number of nitrogens with one attached hydrogen (secondary N) is 1. The maximum absolute atomic E-state index is 11.3. The van der Waals surface area contributed by atoms with Crippen LogP contribution in [0.15, 0.2) is 29.2 Å². The van der Waals surface area contributed by atoms with Gasteiger partial charge in [-0.1, -0.05) is 26.0 Å². The summed E-state index contributed by atoms with van der Waals surface area (Å²) in [6, 6.07) is 7.83. The van der Waals surface area contributed by atoms with Crippen molar-refractivity contribution >= 4 is 17.9 Å². The summed E-state index contributed by atoms with van der Waals surface area (Å²) in [7, 11) is 0. The zero-order valence-corrected chi connectivity index (χ0v) is 9.80. The molecule has 0 saturated carbocycles. The number of carbonyl (C=O) groups is 1. The average Bonchev–Trinajstić information content (AvgIpc) is 2.26. The zero-order chi connectivity index (χ0) is 11.3. The normalized spacial score (nSPS) is 10.4. The highest BCUT2D eigenvalue weighted by Crippen LogP contribution is 2.12. The molecule has 82 valence electrons. The van der Waals surface area contributed by atoms with Crippen molar-refractivity contribution in [3.05, 3.63) is 29.8 Å². The van der Waals surface area contributed by atoms with Crippen LogP contribution in [0.2, 0.25) is 0 Å². The molecule has 1 aromatic carbocycles. The lowest BCUT2D eigenvalue weighted by molar-refractivity contribution is -0.124. The standard InChI is InChI=1S/C11H16N2OS/c1-8(2)11(14)13-7-9-3-5-10(15-12)6-4-9/h3-6,8H,7,12H2,1-2H3,(H,13,14). The Morgan fingerprint density at radius 3 is 2.47 bits per heavy atom. The van der Waals surface area contributed by atoms with Crippen LogP contribution in [0.3, 0.4) is 0 Å². The molecule has 1 aromatic rings. The SMILES string of the molecule is CC(C)C(=O)NCc1ccc(SN)cc1. The summed E-state index contributed by atoms with van der Waals surface area (Å²) in [6.45, 7) is 4.33. The van der Waals surface area contributed by atoms with Gasteiger partial charge in [0.05, 0.1) is 0 Å². The van der Waals surface area contributed by atoms with E-state index in [1.807, 2.05) is 38.1 Å². The van der Waals surface area contributed by atoms with Gasteiger partial charge in [-0.05, 0) is 29.6 Å². The van der Waals surface area contributed by atoms with Gasteiger partial charge in [0.1, 0.15) is 0 Å². The number of carbonyl (C=O) groups excluding carboxylic acids is 1. The molecule has 0 aliphatic heterocycles. The van der Waals surface area contributed by atoms with Crippen LogP contribution >= 0.6 is 11.9 Å². The molecule has 0 bridgehead atoms. The second-order valence-electron chi connectivity index (χ2n) is 3.63. The lowest BCUT2D eigenvalue weighted by Crippen LogP contribution is -2.27. The zero-order valence-electron chi connectivity index (χ0n) is 8.99. The van der Waals surface area contributed by atoms with Crippen LogP contribution in [0.25, 0.3) is 0 Å². The van der Waals surface area contributed by atoms with Crippen molar-refractivity contribution in [3.8, 4) is 0 Å². The monoisotopic (exact) mass is 224 g/mol. The Kier molecular flexibility index (Phi) is 4.65. The van der Waals surface area contributed by atoms with E-state index in [0.717, 1.165) is 10.5 Å². The van der Waals surface area contributed by atoms with E-state index in [-0.39, 0.29) is 11.8 Å². The summed E-state index contributed by atoms with van der Waals surface area (Å²) < 4.78 is 0. The van der Waals surface area contributed by atoms with E-state index < -0.39 is 0 Å². The fourth-order valence-corrected chi connectivity index (χ4v) is 1.37. The molecule has 0 saturated heterocycles. The molecule has 0 atom stereocenters. The van der Waals surface area contributed by atoms with Gasteiger partial charge in [-0.25, -0.2) is 0 Å². The van der Waals surface area contributed by atoms with Crippen LogP contribution in [0, 0.1) is 5.92 Å².